The van der Waals surface area contributed by atoms with Crippen LogP contribution >= 0.6 is 0 Å². The molecule has 3 N–H and O–H groups in total. The lowest BCUT2D eigenvalue weighted by atomic mass is 10.3. The number of aliphatic hydroxyl groups excluding tert-OH is 1. The third kappa shape index (κ3) is 4.07. The van der Waals surface area contributed by atoms with Crippen LogP contribution in [0.25, 0.3) is 0 Å². The van der Waals surface area contributed by atoms with Crippen molar-refractivity contribution in [2.24, 2.45) is 0 Å². The van der Waals surface area contributed by atoms with Crippen molar-refractivity contribution in [3.8, 4) is 5.88 Å². The molecule has 0 aliphatic heterocycles. The predicted molar refractivity (Wildman–Crippen MR) is 74.0 cm³/mol. The molecule has 0 unspecified atom stereocenters. The third-order valence-corrected chi connectivity index (χ3v) is 2.61. The number of nitrogens with zero attached hydrogens (tertiary/aromatic N) is 2. The zero-order valence-corrected chi connectivity index (χ0v) is 11.2. The molecule has 1 rings (SSSR count). The number of nitrogen functional groups attached to an aromatic ring is 1. The van der Waals surface area contributed by atoms with E-state index in [1.807, 2.05) is 19.1 Å². The van der Waals surface area contributed by atoms with Crippen molar-refractivity contribution in [3.63, 3.8) is 0 Å². The Kier molecular flexibility index (Phi) is 6.28. The molecule has 5 nitrogen and oxygen atoms in total. The molecule has 0 aliphatic carbocycles. The van der Waals surface area contributed by atoms with Crippen LogP contribution in [-0.2, 0) is 0 Å². The van der Waals surface area contributed by atoms with Crippen LogP contribution in [0.3, 0.4) is 0 Å². The van der Waals surface area contributed by atoms with Gasteiger partial charge in [-0.1, -0.05) is 6.92 Å². The van der Waals surface area contributed by atoms with Gasteiger partial charge in [0.1, 0.15) is 5.82 Å². The lowest BCUT2D eigenvalue weighted by Gasteiger charge is -2.22. The van der Waals surface area contributed by atoms with E-state index in [9.17, 15) is 0 Å². The molecule has 1 aromatic rings. The summed E-state index contributed by atoms with van der Waals surface area (Å²) in [4.78, 5) is 6.52. The highest BCUT2D eigenvalue weighted by atomic mass is 16.5. The van der Waals surface area contributed by atoms with Gasteiger partial charge in [-0.2, -0.15) is 4.98 Å². The number of nitrogens with two attached hydrogens (primary N) is 1. The largest absolute Gasteiger partial charge is 0.476 e. The first-order valence-electron chi connectivity index (χ1n) is 6.48. The van der Waals surface area contributed by atoms with Gasteiger partial charge in [0.25, 0.3) is 0 Å². The molecule has 1 aromatic heterocycles. The van der Waals surface area contributed by atoms with E-state index in [2.05, 4.69) is 16.8 Å². The molecule has 0 radical (unpaired) electrons. The molecule has 0 bridgehead atoms. The quantitative estimate of drug-likeness (QED) is 0.737. The number of anilines is 2. The second-order valence-corrected chi connectivity index (χ2v) is 4.07. The summed E-state index contributed by atoms with van der Waals surface area (Å²) in [6.45, 7) is 6.51. The average molecular weight is 253 g/mol. The van der Waals surface area contributed by atoms with Crippen LogP contribution in [0.15, 0.2) is 12.1 Å². The molecular formula is C13H23N3O2. The zero-order chi connectivity index (χ0) is 13.4. The summed E-state index contributed by atoms with van der Waals surface area (Å²) in [5.41, 5.74) is 6.39. The maximum atomic E-state index is 8.88. The summed E-state index contributed by atoms with van der Waals surface area (Å²) in [5.74, 6) is 1.34. The van der Waals surface area contributed by atoms with E-state index in [0.717, 1.165) is 31.7 Å². The zero-order valence-electron chi connectivity index (χ0n) is 11.2. The Labute approximate surface area is 109 Å². The number of pyridine rings is 1. The van der Waals surface area contributed by atoms with Gasteiger partial charge in [-0.15, -0.1) is 0 Å². The Morgan fingerprint density at radius 2 is 2.17 bits per heavy atom. The lowest BCUT2D eigenvalue weighted by Crippen LogP contribution is -2.25. The molecule has 102 valence electrons. The van der Waals surface area contributed by atoms with E-state index in [0.29, 0.717) is 18.2 Å². The molecule has 0 saturated carbocycles. The molecule has 0 aliphatic rings. The Morgan fingerprint density at radius 3 is 2.78 bits per heavy atom. The number of ether oxygens (including phenoxy) is 1. The van der Waals surface area contributed by atoms with E-state index in [1.54, 1.807) is 0 Å². The van der Waals surface area contributed by atoms with Gasteiger partial charge in [-0.05, 0) is 31.9 Å². The Hall–Kier alpha value is -1.49. The molecule has 0 saturated heterocycles. The number of hydrogen-bond donors (Lipinski definition) is 2. The van der Waals surface area contributed by atoms with Crippen LogP contribution in [0.4, 0.5) is 11.5 Å². The molecule has 0 amide bonds. The van der Waals surface area contributed by atoms with E-state index in [4.69, 9.17) is 15.6 Å². The second kappa shape index (κ2) is 7.76. The van der Waals surface area contributed by atoms with Crippen molar-refractivity contribution >= 4 is 11.5 Å². The molecule has 18 heavy (non-hydrogen) atoms. The van der Waals surface area contributed by atoms with Gasteiger partial charge in [0.05, 0.1) is 12.3 Å². The topological polar surface area (TPSA) is 71.6 Å². The number of aromatic nitrogens is 1. The monoisotopic (exact) mass is 253 g/mol. The molecule has 0 aromatic carbocycles. The van der Waals surface area contributed by atoms with Crippen molar-refractivity contribution < 1.29 is 9.84 Å². The first kappa shape index (κ1) is 14.6. The van der Waals surface area contributed by atoms with E-state index in [1.165, 1.54) is 0 Å². The summed E-state index contributed by atoms with van der Waals surface area (Å²) < 4.78 is 5.51. The smallest absolute Gasteiger partial charge is 0.239 e. The van der Waals surface area contributed by atoms with Gasteiger partial charge < -0.3 is 20.5 Å². The minimum atomic E-state index is 0.185. The summed E-state index contributed by atoms with van der Waals surface area (Å²) in [6, 6.07) is 3.70. The van der Waals surface area contributed by atoms with E-state index < -0.39 is 0 Å². The van der Waals surface area contributed by atoms with Gasteiger partial charge in [-0.25, -0.2) is 0 Å². The fourth-order valence-corrected chi connectivity index (χ4v) is 1.63. The summed E-state index contributed by atoms with van der Waals surface area (Å²) in [6.07, 6.45) is 1.65. The van der Waals surface area contributed by atoms with Crippen LogP contribution in [0, 0.1) is 0 Å². The molecule has 0 fully saturated rings. The average Bonchev–Trinajstić information content (AvgIpc) is 2.39. The molecule has 1 heterocycles. The minimum Gasteiger partial charge on any atom is -0.476 e. The highest BCUT2D eigenvalue weighted by molar-refractivity contribution is 5.54. The maximum absolute atomic E-state index is 8.88. The molecule has 5 heteroatoms. The van der Waals surface area contributed by atoms with Crippen LogP contribution < -0.4 is 15.4 Å². The van der Waals surface area contributed by atoms with E-state index >= 15 is 0 Å². The van der Waals surface area contributed by atoms with Gasteiger partial charge >= 0.3 is 0 Å². The van der Waals surface area contributed by atoms with Gasteiger partial charge in [0, 0.05) is 19.7 Å². The number of hydrogen-bond acceptors (Lipinski definition) is 5. The van der Waals surface area contributed by atoms with Gasteiger partial charge in [0.2, 0.25) is 5.88 Å². The maximum Gasteiger partial charge on any atom is 0.239 e. The third-order valence-electron chi connectivity index (χ3n) is 2.61. The van der Waals surface area contributed by atoms with Gasteiger partial charge in [-0.3, -0.25) is 0 Å². The van der Waals surface area contributed by atoms with Crippen LogP contribution in [-0.4, -0.2) is 36.4 Å². The Balaban J connectivity index is 2.80. The summed E-state index contributed by atoms with van der Waals surface area (Å²) >= 11 is 0. The first-order chi connectivity index (χ1) is 8.72. The standard InChI is InChI=1S/C13H23N3O2/c1-3-10-18-13-11(14)6-7-12(15-13)16(4-2)8-5-9-17/h6-7,17H,3-5,8-10,14H2,1-2H3. The minimum absolute atomic E-state index is 0.185. The van der Waals surface area contributed by atoms with Crippen molar-refractivity contribution in [1.29, 1.82) is 0 Å². The molecular weight excluding hydrogens is 230 g/mol. The first-order valence-corrected chi connectivity index (χ1v) is 6.48. The number of rotatable bonds is 8. The Morgan fingerprint density at radius 1 is 1.39 bits per heavy atom. The van der Waals surface area contributed by atoms with Crippen molar-refractivity contribution in [2.45, 2.75) is 26.7 Å². The fourth-order valence-electron chi connectivity index (χ4n) is 1.63. The lowest BCUT2D eigenvalue weighted by molar-refractivity contribution is 0.289. The second-order valence-electron chi connectivity index (χ2n) is 4.07. The molecule has 0 atom stereocenters. The highest BCUT2D eigenvalue weighted by Crippen LogP contribution is 2.23. The highest BCUT2D eigenvalue weighted by Gasteiger charge is 2.09. The predicted octanol–water partition coefficient (Wildman–Crippen LogP) is 1.66. The van der Waals surface area contributed by atoms with Crippen LogP contribution in [0.1, 0.15) is 26.7 Å². The molecule has 0 spiro atoms. The van der Waals surface area contributed by atoms with Crippen molar-refractivity contribution in [2.75, 3.05) is 36.9 Å². The van der Waals surface area contributed by atoms with Crippen molar-refractivity contribution in [3.05, 3.63) is 12.1 Å². The summed E-state index contributed by atoms with van der Waals surface area (Å²) in [5, 5.41) is 8.88. The SMILES string of the molecule is CCCOc1nc(N(CC)CCCO)ccc1N. The summed E-state index contributed by atoms with van der Waals surface area (Å²) in [7, 11) is 0. The van der Waals surface area contributed by atoms with E-state index in [-0.39, 0.29) is 6.61 Å². The Bertz CT molecular complexity index is 358. The van der Waals surface area contributed by atoms with Gasteiger partial charge in [0.15, 0.2) is 0 Å². The number of aliphatic hydroxyl groups is 1. The van der Waals surface area contributed by atoms with Crippen LogP contribution in [0.2, 0.25) is 0 Å². The normalized spacial score (nSPS) is 10.4. The fraction of sp³-hybridized carbons (Fsp3) is 0.615. The van der Waals surface area contributed by atoms with Crippen molar-refractivity contribution in [1.82, 2.24) is 4.98 Å². The van der Waals surface area contributed by atoms with Crippen LogP contribution in [0.5, 0.6) is 5.88 Å².